The number of hydrogen-bond acceptors (Lipinski definition) is 6. The summed E-state index contributed by atoms with van der Waals surface area (Å²) in [6.07, 6.45) is 0. The molecule has 4 aromatic rings. The monoisotopic (exact) mass is 548 g/mol. The maximum atomic E-state index is 13.4. The van der Waals surface area contributed by atoms with E-state index < -0.39 is 17.7 Å². The molecule has 35 heavy (non-hydrogen) atoms. The van der Waals surface area contributed by atoms with E-state index in [1.54, 1.807) is 25.3 Å². The summed E-state index contributed by atoms with van der Waals surface area (Å²) in [5.74, 6) is -1.05. The van der Waals surface area contributed by atoms with Gasteiger partial charge in [-0.2, -0.15) is 0 Å². The maximum Gasteiger partial charge on any atom is 0.301 e. The Bertz CT molecular complexity index is 1540. The van der Waals surface area contributed by atoms with Gasteiger partial charge in [-0.25, -0.2) is 4.98 Å². The van der Waals surface area contributed by atoms with Crippen LogP contribution in [0.15, 0.2) is 70.7 Å². The number of aliphatic hydroxyl groups excluding tert-OH is 1. The third-order valence-electron chi connectivity index (χ3n) is 6.02. The largest absolute Gasteiger partial charge is 0.507 e. The number of ether oxygens (including phenoxy) is 1. The number of benzene rings is 3. The van der Waals surface area contributed by atoms with Gasteiger partial charge in [0.25, 0.3) is 5.78 Å². The topological polar surface area (TPSA) is 79.7 Å². The molecule has 0 unspecified atom stereocenters. The van der Waals surface area contributed by atoms with E-state index in [0.29, 0.717) is 22.0 Å². The van der Waals surface area contributed by atoms with Crippen LogP contribution < -0.4 is 9.64 Å². The summed E-state index contributed by atoms with van der Waals surface area (Å²) in [7, 11) is 1.57. The van der Waals surface area contributed by atoms with Crippen molar-refractivity contribution in [1.82, 2.24) is 4.98 Å². The molecule has 176 valence electrons. The molecule has 1 aliphatic rings. The molecule has 1 aliphatic heterocycles. The van der Waals surface area contributed by atoms with E-state index in [4.69, 9.17) is 4.74 Å². The van der Waals surface area contributed by atoms with Gasteiger partial charge in [-0.1, -0.05) is 45.5 Å². The molecule has 5 rings (SSSR count). The number of anilines is 1. The van der Waals surface area contributed by atoms with Crippen LogP contribution in [0.25, 0.3) is 16.0 Å². The second kappa shape index (κ2) is 8.94. The van der Waals surface area contributed by atoms with Crippen LogP contribution in [0, 0.1) is 13.8 Å². The van der Waals surface area contributed by atoms with E-state index in [1.165, 1.54) is 16.2 Å². The van der Waals surface area contributed by atoms with Gasteiger partial charge in [-0.05, 0) is 73.0 Å². The molecule has 8 heteroatoms. The summed E-state index contributed by atoms with van der Waals surface area (Å²) >= 11 is 4.83. The number of Topliss-reactive ketones (excluding diaryl/α,β-unsaturated/α-hetero) is 1. The van der Waals surface area contributed by atoms with Gasteiger partial charge in [0, 0.05) is 10.0 Å². The smallest absolute Gasteiger partial charge is 0.301 e. The first-order valence-corrected chi connectivity index (χ1v) is 12.5. The molecule has 1 amide bonds. The number of hydrogen-bond donors (Lipinski definition) is 1. The van der Waals surface area contributed by atoms with E-state index in [-0.39, 0.29) is 11.3 Å². The summed E-state index contributed by atoms with van der Waals surface area (Å²) in [6, 6.07) is 17.5. The van der Waals surface area contributed by atoms with Crippen molar-refractivity contribution in [2.75, 3.05) is 12.0 Å². The van der Waals surface area contributed by atoms with Gasteiger partial charge < -0.3 is 9.84 Å². The van der Waals surface area contributed by atoms with Crippen LogP contribution in [0.5, 0.6) is 5.75 Å². The van der Waals surface area contributed by atoms with Crippen LogP contribution in [-0.2, 0) is 9.59 Å². The molecule has 0 bridgehead atoms. The van der Waals surface area contributed by atoms with Crippen molar-refractivity contribution in [3.05, 3.63) is 93.0 Å². The highest BCUT2D eigenvalue weighted by Gasteiger charge is 2.48. The number of rotatable bonds is 4. The number of fused-ring (bicyclic) bond motifs is 1. The fourth-order valence-electron chi connectivity index (χ4n) is 4.33. The molecule has 0 radical (unpaired) electrons. The first-order valence-electron chi connectivity index (χ1n) is 10.9. The molecule has 2 heterocycles. The van der Waals surface area contributed by atoms with Gasteiger partial charge in [0.1, 0.15) is 11.5 Å². The van der Waals surface area contributed by atoms with E-state index in [1.807, 2.05) is 56.3 Å². The highest BCUT2D eigenvalue weighted by molar-refractivity contribution is 9.10. The molecule has 6 nitrogen and oxygen atoms in total. The molecule has 1 saturated heterocycles. The lowest BCUT2D eigenvalue weighted by molar-refractivity contribution is -0.132. The minimum Gasteiger partial charge on any atom is -0.507 e. The van der Waals surface area contributed by atoms with Gasteiger partial charge in [0.05, 0.1) is 28.9 Å². The molecule has 0 saturated carbocycles. The van der Waals surface area contributed by atoms with Crippen LogP contribution in [0.1, 0.15) is 28.3 Å². The maximum absolute atomic E-state index is 13.4. The van der Waals surface area contributed by atoms with Crippen molar-refractivity contribution in [3.8, 4) is 5.75 Å². The molecule has 1 N–H and O–H groups in total. The first-order chi connectivity index (χ1) is 16.8. The standard InChI is InChI=1S/C27H21BrN2O4S/c1-14-7-9-19-21(11-14)35-27(29-19)30-23(16-5-4-6-18(28)13-16)22(25(32)26(30)33)24(31)17-8-10-20(34-3)15(2)12-17/h4-13,23,31H,1-3H3/t23-/m0/s1. The molecule has 1 fully saturated rings. The Labute approximate surface area is 214 Å². The molecule has 0 aliphatic carbocycles. The van der Waals surface area contributed by atoms with Crippen LogP contribution in [0.2, 0.25) is 0 Å². The second-order valence-corrected chi connectivity index (χ2v) is 10.3. The fraction of sp³-hybridized carbons (Fsp3) is 0.148. The van der Waals surface area contributed by atoms with Gasteiger partial charge in [-0.3, -0.25) is 14.5 Å². The second-order valence-electron chi connectivity index (χ2n) is 8.38. The Kier molecular flexibility index (Phi) is 5.94. The molecule has 1 atom stereocenters. The van der Waals surface area contributed by atoms with E-state index in [9.17, 15) is 14.7 Å². The van der Waals surface area contributed by atoms with Crippen molar-refractivity contribution in [1.29, 1.82) is 0 Å². The number of carbonyl (C=O) groups excluding carboxylic acids is 2. The summed E-state index contributed by atoms with van der Waals surface area (Å²) in [4.78, 5) is 32.8. The first kappa shape index (κ1) is 23.3. The average Bonchev–Trinajstić information content (AvgIpc) is 3.36. The quantitative estimate of drug-likeness (QED) is 0.183. The van der Waals surface area contributed by atoms with Crippen molar-refractivity contribution in [2.24, 2.45) is 0 Å². The Morgan fingerprint density at radius 3 is 2.60 bits per heavy atom. The zero-order chi connectivity index (χ0) is 24.9. The number of aromatic nitrogens is 1. The van der Waals surface area contributed by atoms with Crippen molar-refractivity contribution in [2.45, 2.75) is 19.9 Å². The number of nitrogens with zero attached hydrogens (tertiary/aromatic N) is 2. The Hall–Kier alpha value is -3.49. The number of methoxy groups -OCH3 is 1. The Balaban J connectivity index is 1.73. The predicted molar refractivity (Wildman–Crippen MR) is 141 cm³/mol. The number of amides is 1. The van der Waals surface area contributed by atoms with E-state index >= 15 is 0 Å². The molecule has 3 aromatic carbocycles. The number of ketones is 1. The van der Waals surface area contributed by atoms with Crippen molar-refractivity contribution < 1.29 is 19.4 Å². The lowest BCUT2D eigenvalue weighted by Crippen LogP contribution is -2.29. The number of carbonyl (C=O) groups is 2. The van der Waals surface area contributed by atoms with Crippen LogP contribution in [0.4, 0.5) is 5.13 Å². The van der Waals surface area contributed by atoms with E-state index in [0.717, 1.165) is 25.8 Å². The highest BCUT2D eigenvalue weighted by Crippen LogP contribution is 2.45. The minimum atomic E-state index is -0.837. The summed E-state index contributed by atoms with van der Waals surface area (Å²) < 4.78 is 7.03. The highest BCUT2D eigenvalue weighted by atomic mass is 79.9. The number of aryl methyl sites for hydroxylation is 2. The zero-order valence-corrected chi connectivity index (χ0v) is 21.6. The van der Waals surface area contributed by atoms with Crippen LogP contribution >= 0.6 is 27.3 Å². The number of halogens is 1. The summed E-state index contributed by atoms with van der Waals surface area (Å²) in [5, 5.41) is 11.8. The molecule has 1 aromatic heterocycles. The number of aliphatic hydroxyl groups is 1. The van der Waals surface area contributed by atoms with Gasteiger partial charge in [0.2, 0.25) is 0 Å². The fourth-order valence-corrected chi connectivity index (χ4v) is 5.83. The predicted octanol–water partition coefficient (Wildman–Crippen LogP) is 6.31. The summed E-state index contributed by atoms with van der Waals surface area (Å²) in [5.41, 5.74) is 3.76. The van der Waals surface area contributed by atoms with Gasteiger partial charge in [-0.15, -0.1) is 0 Å². The van der Waals surface area contributed by atoms with Crippen molar-refractivity contribution in [3.63, 3.8) is 0 Å². The SMILES string of the molecule is COc1ccc(C(O)=C2C(=O)C(=O)N(c3nc4ccc(C)cc4s3)[C@H]2c2cccc(Br)c2)cc1C. The zero-order valence-electron chi connectivity index (χ0n) is 19.2. The van der Waals surface area contributed by atoms with Gasteiger partial charge >= 0.3 is 5.91 Å². The minimum absolute atomic E-state index is 0.0214. The Morgan fingerprint density at radius 2 is 1.89 bits per heavy atom. The average molecular weight is 549 g/mol. The lowest BCUT2D eigenvalue weighted by atomic mass is 9.95. The van der Waals surface area contributed by atoms with Gasteiger partial charge in [0.15, 0.2) is 5.13 Å². The molecular weight excluding hydrogens is 528 g/mol. The van der Waals surface area contributed by atoms with E-state index in [2.05, 4.69) is 20.9 Å². The van der Waals surface area contributed by atoms with Crippen molar-refractivity contribution >= 4 is 60.1 Å². The normalized spacial score (nSPS) is 17.4. The molecule has 0 spiro atoms. The lowest BCUT2D eigenvalue weighted by Gasteiger charge is -2.23. The Morgan fingerprint density at radius 1 is 1.09 bits per heavy atom. The molecular formula is C27H21BrN2O4S. The third-order valence-corrected chi connectivity index (χ3v) is 7.53. The van der Waals surface area contributed by atoms with Crippen LogP contribution in [0.3, 0.4) is 0 Å². The third kappa shape index (κ3) is 4.02. The number of thiazole rings is 1. The summed E-state index contributed by atoms with van der Waals surface area (Å²) in [6.45, 7) is 3.84. The van der Waals surface area contributed by atoms with Crippen LogP contribution in [-0.4, -0.2) is 28.9 Å².